The van der Waals surface area contributed by atoms with Crippen molar-refractivity contribution >= 4 is 0 Å². The molecule has 3 atom stereocenters. The third-order valence-corrected chi connectivity index (χ3v) is 4.80. The van der Waals surface area contributed by atoms with Crippen molar-refractivity contribution in [1.29, 1.82) is 0 Å². The molecule has 0 amide bonds. The van der Waals surface area contributed by atoms with Crippen LogP contribution in [0, 0.1) is 5.82 Å². The molecule has 3 nitrogen and oxygen atoms in total. The van der Waals surface area contributed by atoms with Gasteiger partial charge in [-0.2, -0.15) is 0 Å². The number of morpholine rings is 1. The molecule has 1 N–H and O–H groups in total. The highest BCUT2D eigenvalue weighted by atomic mass is 19.1. The number of hydrogen-bond acceptors (Lipinski definition) is 3. The lowest BCUT2D eigenvalue weighted by atomic mass is 9.90. The molecule has 116 valence electrons. The van der Waals surface area contributed by atoms with Crippen LogP contribution in [-0.4, -0.2) is 41.8 Å². The van der Waals surface area contributed by atoms with Gasteiger partial charge in [0.05, 0.1) is 18.8 Å². The minimum absolute atomic E-state index is 0.317. The summed E-state index contributed by atoms with van der Waals surface area (Å²) in [6.07, 6.45) is 5.06. The van der Waals surface area contributed by atoms with Gasteiger partial charge in [-0.25, -0.2) is 4.39 Å². The summed E-state index contributed by atoms with van der Waals surface area (Å²) in [5, 5.41) is 10.2. The zero-order valence-electron chi connectivity index (χ0n) is 12.4. The molecule has 0 radical (unpaired) electrons. The summed E-state index contributed by atoms with van der Waals surface area (Å²) in [6, 6.07) is 6.99. The summed E-state index contributed by atoms with van der Waals surface area (Å²) in [5.74, 6) is -0.317. The summed E-state index contributed by atoms with van der Waals surface area (Å²) < 4.78 is 19.5. The van der Waals surface area contributed by atoms with Gasteiger partial charge in [0.1, 0.15) is 5.82 Å². The van der Waals surface area contributed by atoms with E-state index in [1.165, 1.54) is 25.3 Å². The molecule has 0 aromatic heterocycles. The number of fused-ring (bicyclic) bond motifs is 1. The fraction of sp³-hybridized carbons (Fsp3) is 0.647. The third kappa shape index (κ3) is 3.44. The summed E-state index contributed by atoms with van der Waals surface area (Å²) >= 11 is 0. The normalized spacial score (nSPS) is 28.1. The molecule has 1 saturated carbocycles. The van der Waals surface area contributed by atoms with E-state index in [4.69, 9.17) is 4.74 Å². The molecule has 3 unspecified atom stereocenters. The number of nitrogens with zero attached hydrogens (tertiary/aromatic N) is 1. The number of ether oxygens (including phenoxy) is 1. The Bertz CT molecular complexity index is 466. The Morgan fingerprint density at radius 3 is 2.95 bits per heavy atom. The fourth-order valence-electron chi connectivity index (χ4n) is 3.64. The van der Waals surface area contributed by atoms with Crippen LogP contribution in [0.2, 0.25) is 0 Å². The zero-order chi connectivity index (χ0) is 14.7. The van der Waals surface area contributed by atoms with Crippen LogP contribution in [0.5, 0.6) is 0 Å². The summed E-state index contributed by atoms with van der Waals surface area (Å²) in [7, 11) is 0. The summed E-state index contributed by atoms with van der Waals surface area (Å²) in [5.41, 5.74) is 0.408. The zero-order valence-corrected chi connectivity index (χ0v) is 12.4. The number of benzene rings is 1. The first-order valence-corrected chi connectivity index (χ1v) is 8.04. The van der Waals surface area contributed by atoms with Crippen molar-refractivity contribution < 1.29 is 14.2 Å². The maximum absolute atomic E-state index is 13.7. The summed E-state index contributed by atoms with van der Waals surface area (Å²) in [4.78, 5) is 2.43. The van der Waals surface area contributed by atoms with E-state index >= 15 is 0 Å². The molecule has 2 fully saturated rings. The predicted molar refractivity (Wildman–Crippen MR) is 79.5 cm³/mol. The van der Waals surface area contributed by atoms with E-state index in [-0.39, 0.29) is 5.82 Å². The monoisotopic (exact) mass is 293 g/mol. The molecular formula is C17H24FNO2. The highest BCUT2D eigenvalue weighted by molar-refractivity contribution is 5.19. The molecule has 1 saturated heterocycles. The van der Waals surface area contributed by atoms with E-state index < -0.39 is 6.10 Å². The molecule has 0 spiro atoms. The second-order valence-corrected chi connectivity index (χ2v) is 6.12. The van der Waals surface area contributed by atoms with Crippen molar-refractivity contribution in [1.82, 2.24) is 4.90 Å². The molecule has 3 rings (SSSR count). The van der Waals surface area contributed by atoms with Gasteiger partial charge in [0.2, 0.25) is 0 Å². The largest absolute Gasteiger partial charge is 0.388 e. The molecule has 1 aromatic rings. The van der Waals surface area contributed by atoms with Gasteiger partial charge < -0.3 is 9.84 Å². The lowest BCUT2D eigenvalue weighted by Crippen LogP contribution is -2.52. The maximum atomic E-state index is 13.7. The lowest BCUT2D eigenvalue weighted by Gasteiger charge is -2.44. The van der Waals surface area contributed by atoms with Gasteiger partial charge in [0.25, 0.3) is 0 Å². The molecule has 1 heterocycles. The van der Waals surface area contributed by atoms with E-state index in [9.17, 15) is 9.50 Å². The van der Waals surface area contributed by atoms with Crippen LogP contribution in [0.3, 0.4) is 0 Å². The molecule has 0 bridgehead atoms. The van der Waals surface area contributed by atoms with Crippen LogP contribution >= 0.6 is 0 Å². The highest BCUT2D eigenvalue weighted by Crippen LogP contribution is 2.29. The average Bonchev–Trinajstić information content (AvgIpc) is 2.53. The molecule has 1 aliphatic carbocycles. The molecule has 21 heavy (non-hydrogen) atoms. The van der Waals surface area contributed by atoms with Crippen LogP contribution in [0.1, 0.15) is 43.8 Å². The Morgan fingerprint density at radius 2 is 2.10 bits per heavy atom. The molecule has 4 heteroatoms. The number of rotatable bonds is 4. The summed E-state index contributed by atoms with van der Waals surface area (Å²) in [6.45, 7) is 2.50. The first-order chi connectivity index (χ1) is 10.3. The van der Waals surface area contributed by atoms with Crippen molar-refractivity contribution in [2.24, 2.45) is 0 Å². The number of aliphatic hydroxyl groups excluding tert-OH is 1. The second kappa shape index (κ2) is 6.86. The van der Waals surface area contributed by atoms with E-state index in [1.54, 1.807) is 18.2 Å². The van der Waals surface area contributed by atoms with Crippen LogP contribution < -0.4 is 0 Å². The van der Waals surface area contributed by atoms with Crippen molar-refractivity contribution in [2.75, 3.05) is 19.7 Å². The quantitative estimate of drug-likeness (QED) is 0.926. The fourth-order valence-corrected chi connectivity index (χ4v) is 3.64. The first kappa shape index (κ1) is 14.9. The van der Waals surface area contributed by atoms with Crippen molar-refractivity contribution in [2.45, 2.75) is 50.4 Å². The van der Waals surface area contributed by atoms with Crippen LogP contribution in [0.15, 0.2) is 24.3 Å². The van der Waals surface area contributed by atoms with E-state index in [0.717, 1.165) is 26.1 Å². The molecule has 2 aliphatic rings. The third-order valence-electron chi connectivity index (χ3n) is 4.80. The predicted octanol–water partition coefficient (Wildman–Crippen LogP) is 2.89. The van der Waals surface area contributed by atoms with Gasteiger partial charge in [0, 0.05) is 24.7 Å². The Balaban J connectivity index is 1.58. The highest BCUT2D eigenvalue weighted by Gasteiger charge is 2.34. The van der Waals surface area contributed by atoms with Gasteiger partial charge in [-0.05, 0) is 25.3 Å². The standard InChI is InChI=1S/C17H24FNO2/c18-14-6-2-1-5-13(14)16(20)9-10-19-11-12-21-17-8-4-3-7-15(17)19/h1-2,5-6,15-17,20H,3-4,7-12H2. The van der Waals surface area contributed by atoms with E-state index in [1.807, 2.05) is 0 Å². The number of halogens is 1. The van der Waals surface area contributed by atoms with E-state index in [0.29, 0.717) is 24.1 Å². The first-order valence-electron chi connectivity index (χ1n) is 8.04. The minimum Gasteiger partial charge on any atom is -0.388 e. The van der Waals surface area contributed by atoms with Crippen LogP contribution in [-0.2, 0) is 4.74 Å². The average molecular weight is 293 g/mol. The van der Waals surface area contributed by atoms with Crippen molar-refractivity contribution in [3.63, 3.8) is 0 Å². The van der Waals surface area contributed by atoms with Crippen LogP contribution in [0.4, 0.5) is 4.39 Å². The van der Waals surface area contributed by atoms with Gasteiger partial charge in [-0.3, -0.25) is 4.90 Å². The Kier molecular flexibility index (Phi) is 4.88. The molecular weight excluding hydrogens is 269 g/mol. The van der Waals surface area contributed by atoms with Gasteiger partial charge in [0.15, 0.2) is 0 Å². The Hall–Kier alpha value is -0.970. The smallest absolute Gasteiger partial charge is 0.128 e. The van der Waals surface area contributed by atoms with Crippen LogP contribution in [0.25, 0.3) is 0 Å². The molecule has 1 aliphatic heterocycles. The topological polar surface area (TPSA) is 32.7 Å². The molecule has 1 aromatic carbocycles. The Morgan fingerprint density at radius 1 is 1.29 bits per heavy atom. The van der Waals surface area contributed by atoms with Crippen molar-refractivity contribution in [3.05, 3.63) is 35.6 Å². The van der Waals surface area contributed by atoms with Gasteiger partial charge in [-0.1, -0.05) is 31.0 Å². The maximum Gasteiger partial charge on any atom is 0.128 e. The Labute approximate surface area is 125 Å². The van der Waals surface area contributed by atoms with E-state index in [2.05, 4.69) is 4.90 Å². The minimum atomic E-state index is -0.726. The lowest BCUT2D eigenvalue weighted by molar-refractivity contribution is -0.0905. The SMILES string of the molecule is OC(CCN1CCOC2CCCCC21)c1ccccc1F. The van der Waals surface area contributed by atoms with Crippen molar-refractivity contribution in [3.8, 4) is 0 Å². The second-order valence-electron chi connectivity index (χ2n) is 6.12. The van der Waals surface area contributed by atoms with Gasteiger partial charge >= 0.3 is 0 Å². The number of hydrogen-bond donors (Lipinski definition) is 1. The number of aliphatic hydroxyl groups is 1. The van der Waals surface area contributed by atoms with Gasteiger partial charge in [-0.15, -0.1) is 0 Å².